The summed E-state index contributed by atoms with van der Waals surface area (Å²) < 4.78 is 2.00. The maximum Gasteiger partial charge on any atom is 0.228 e. The molecular formula is C14H23N5O. The summed E-state index contributed by atoms with van der Waals surface area (Å²) in [5.74, 6) is 0.373. The second-order valence-electron chi connectivity index (χ2n) is 6.25. The minimum Gasteiger partial charge on any atom is -0.341 e. The molecule has 0 unspecified atom stereocenters. The van der Waals surface area contributed by atoms with Crippen LogP contribution in [0.25, 0.3) is 0 Å². The van der Waals surface area contributed by atoms with Gasteiger partial charge < -0.3 is 9.47 Å². The van der Waals surface area contributed by atoms with Gasteiger partial charge in [-0.05, 0) is 25.8 Å². The van der Waals surface area contributed by atoms with E-state index in [0.29, 0.717) is 5.91 Å². The number of nitrogens with zero attached hydrogens (tertiary/aromatic N) is 5. The zero-order valence-electron chi connectivity index (χ0n) is 12.2. The Morgan fingerprint density at radius 3 is 2.55 bits per heavy atom. The Bertz CT molecular complexity index is 454. The molecule has 0 N–H and O–H groups in total. The lowest BCUT2D eigenvalue weighted by Gasteiger charge is -2.24. The van der Waals surface area contributed by atoms with Gasteiger partial charge in [0.1, 0.15) is 12.7 Å². The molecule has 1 saturated carbocycles. The maximum atomic E-state index is 12.4. The minimum absolute atomic E-state index is 0.0301. The molecule has 2 aliphatic rings. The van der Waals surface area contributed by atoms with E-state index in [1.54, 1.807) is 12.7 Å². The van der Waals surface area contributed by atoms with Gasteiger partial charge in [0.15, 0.2) is 0 Å². The van der Waals surface area contributed by atoms with Crippen LogP contribution in [-0.4, -0.2) is 63.2 Å². The molecule has 3 rings (SSSR count). The largest absolute Gasteiger partial charge is 0.341 e. The number of aromatic nitrogens is 3. The molecule has 20 heavy (non-hydrogen) atoms. The van der Waals surface area contributed by atoms with Crippen LogP contribution in [0.15, 0.2) is 12.7 Å². The molecule has 6 nitrogen and oxygen atoms in total. The molecule has 0 radical (unpaired) electrons. The first kappa shape index (κ1) is 13.5. The van der Waals surface area contributed by atoms with Crippen LogP contribution in [-0.2, 0) is 11.3 Å². The summed E-state index contributed by atoms with van der Waals surface area (Å²) in [5, 5.41) is 7.63. The predicted molar refractivity (Wildman–Crippen MR) is 75.0 cm³/mol. The van der Waals surface area contributed by atoms with Gasteiger partial charge >= 0.3 is 0 Å². The van der Waals surface area contributed by atoms with Crippen LogP contribution in [0.3, 0.4) is 0 Å². The van der Waals surface area contributed by atoms with Gasteiger partial charge in [0.05, 0.1) is 0 Å². The number of hydrogen-bond acceptors (Lipinski definition) is 4. The SMILES string of the molecule is CC1(C(=O)N2CCCN(CCn3cnnc3)CC2)CC1. The summed E-state index contributed by atoms with van der Waals surface area (Å²) in [5.41, 5.74) is -0.0301. The molecule has 1 aliphatic heterocycles. The summed E-state index contributed by atoms with van der Waals surface area (Å²) in [4.78, 5) is 16.9. The molecule has 0 bridgehead atoms. The molecule has 1 aliphatic carbocycles. The first-order valence-corrected chi connectivity index (χ1v) is 7.51. The Hall–Kier alpha value is -1.43. The summed E-state index contributed by atoms with van der Waals surface area (Å²) in [7, 11) is 0. The van der Waals surface area contributed by atoms with Crippen molar-refractivity contribution in [1.82, 2.24) is 24.6 Å². The van der Waals surface area contributed by atoms with Gasteiger partial charge in [0, 0.05) is 38.1 Å². The number of carbonyl (C=O) groups excluding carboxylic acids is 1. The fourth-order valence-electron chi connectivity index (χ4n) is 2.78. The lowest BCUT2D eigenvalue weighted by Crippen LogP contribution is -2.39. The molecule has 1 amide bonds. The smallest absolute Gasteiger partial charge is 0.228 e. The molecule has 1 saturated heterocycles. The van der Waals surface area contributed by atoms with Gasteiger partial charge in [-0.3, -0.25) is 9.69 Å². The Morgan fingerprint density at radius 1 is 1.10 bits per heavy atom. The standard InChI is InChI=1S/C14H23N5O/c1-14(3-4-14)13(20)19-6-2-5-17(9-10-19)7-8-18-11-15-16-12-18/h11-12H,2-10H2,1H3. The highest BCUT2D eigenvalue weighted by Gasteiger charge is 2.47. The third-order valence-corrected chi connectivity index (χ3v) is 4.53. The van der Waals surface area contributed by atoms with Crippen LogP contribution in [0.1, 0.15) is 26.2 Å². The second-order valence-corrected chi connectivity index (χ2v) is 6.25. The first-order valence-electron chi connectivity index (χ1n) is 7.51. The van der Waals surface area contributed by atoms with Gasteiger partial charge in [-0.2, -0.15) is 0 Å². The highest BCUT2D eigenvalue weighted by molar-refractivity contribution is 5.84. The maximum absolute atomic E-state index is 12.4. The molecule has 1 aromatic rings. The normalized spacial score (nSPS) is 22.6. The lowest BCUT2D eigenvalue weighted by molar-refractivity contribution is -0.136. The van der Waals surface area contributed by atoms with Crippen LogP contribution < -0.4 is 0 Å². The number of hydrogen-bond donors (Lipinski definition) is 0. The van der Waals surface area contributed by atoms with E-state index in [1.165, 1.54) is 0 Å². The highest BCUT2D eigenvalue weighted by Crippen LogP contribution is 2.46. The fourth-order valence-corrected chi connectivity index (χ4v) is 2.78. The van der Waals surface area contributed by atoms with Crippen LogP contribution in [0.4, 0.5) is 0 Å². The summed E-state index contributed by atoms with van der Waals surface area (Å²) >= 11 is 0. The monoisotopic (exact) mass is 277 g/mol. The van der Waals surface area contributed by atoms with Crippen molar-refractivity contribution in [3.05, 3.63) is 12.7 Å². The van der Waals surface area contributed by atoms with Crippen LogP contribution in [0.5, 0.6) is 0 Å². The van der Waals surface area contributed by atoms with Crippen molar-refractivity contribution in [2.75, 3.05) is 32.7 Å². The van der Waals surface area contributed by atoms with E-state index in [-0.39, 0.29) is 5.41 Å². The molecule has 1 aromatic heterocycles. The van der Waals surface area contributed by atoms with E-state index < -0.39 is 0 Å². The van der Waals surface area contributed by atoms with E-state index in [2.05, 4.69) is 26.9 Å². The molecule has 0 atom stereocenters. The zero-order chi connectivity index (χ0) is 14.0. The molecular weight excluding hydrogens is 254 g/mol. The molecule has 0 spiro atoms. The van der Waals surface area contributed by atoms with E-state index in [0.717, 1.165) is 58.5 Å². The van der Waals surface area contributed by atoms with Crippen LogP contribution in [0, 0.1) is 5.41 Å². The average molecular weight is 277 g/mol. The number of rotatable bonds is 4. The number of amides is 1. The van der Waals surface area contributed by atoms with Gasteiger partial charge in [-0.1, -0.05) is 6.92 Å². The van der Waals surface area contributed by atoms with E-state index >= 15 is 0 Å². The second kappa shape index (κ2) is 5.52. The summed E-state index contributed by atoms with van der Waals surface area (Å²) in [6.45, 7) is 7.85. The van der Waals surface area contributed by atoms with Crippen molar-refractivity contribution in [1.29, 1.82) is 0 Å². The summed E-state index contributed by atoms with van der Waals surface area (Å²) in [6.07, 6.45) is 6.71. The third kappa shape index (κ3) is 3.00. The van der Waals surface area contributed by atoms with Gasteiger partial charge in [-0.15, -0.1) is 10.2 Å². The average Bonchev–Trinajstić information content (AvgIpc) is 3.07. The van der Waals surface area contributed by atoms with Gasteiger partial charge in [-0.25, -0.2) is 0 Å². The van der Waals surface area contributed by atoms with Crippen molar-refractivity contribution < 1.29 is 4.79 Å². The molecule has 0 aromatic carbocycles. The topological polar surface area (TPSA) is 54.3 Å². The van der Waals surface area contributed by atoms with Crippen LogP contribution >= 0.6 is 0 Å². The van der Waals surface area contributed by atoms with E-state index in [9.17, 15) is 4.79 Å². The van der Waals surface area contributed by atoms with Crippen molar-refractivity contribution in [2.45, 2.75) is 32.7 Å². The predicted octanol–water partition coefficient (Wildman–Crippen LogP) is 0.612. The molecule has 110 valence electrons. The van der Waals surface area contributed by atoms with Gasteiger partial charge in [0.25, 0.3) is 0 Å². The van der Waals surface area contributed by atoms with Crippen LogP contribution in [0.2, 0.25) is 0 Å². The van der Waals surface area contributed by atoms with E-state index in [4.69, 9.17) is 0 Å². The zero-order valence-corrected chi connectivity index (χ0v) is 12.2. The van der Waals surface area contributed by atoms with Crippen molar-refractivity contribution in [2.24, 2.45) is 5.41 Å². The van der Waals surface area contributed by atoms with E-state index in [1.807, 2.05) is 4.57 Å². The minimum atomic E-state index is -0.0301. The Morgan fingerprint density at radius 2 is 1.85 bits per heavy atom. The van der Waals surface area contributed by atoms with Crippen molar-refractivity contribution >= 4 is 5.91 Å². The highest BCUT2D eigenvalue weighted by atomic mass is 16.2. The molecule has 2 fully saturated rings. The first-order chi connectivity index (χ1) is 9.67. The molecule has 6 heteroatoms. The van der Waals surface area contributed by atoms with Crippen molar-refractivity contribution in [3.8, 4) is 0 Å². The lowest BCUT2D eigenvalue weighted by atomic mass is 10.1. The number of carbonyl (C=O) groups is 1. The Kier molecular flexibility index (Phi) is 3.74. The van der Waals surface area contributed by atoms with Crippen molar-refractivity contribution in [3.63, 3.8) is 0 Å². The summed E-state index contributed by atoms with van der Waals surface area (Å²) in [6, 6.07) is 0. The third-order valence-electron chi connectivity index (χ3n) is 4.53. The quantitative estimate of drug-likeness (QED) is 0.809. The Balaban J connectivity index is 1.48. The fraction of sp³-hybridized carbons (Fsp3) is 0.786. The Labute approximate surface area is 119 Å². The van der Waals surface area contributed by atoms with Gasteiger partial charge in [0.2, 0.25) is 5.91 Å². The molecule has 2 heterocycles.